The molecule has 4 N–H and O–H groups in total. The number of aromatic nitrogens is 9. The van der Waals surface area contributed by atoms with E-state index in [1.54, 1.807) is 92.1 Å². The molecule has 8 aliphatic rings. The van der Waals surface area contributed by atoms with Crippen LogP contribution in [-0.4, -0.2) is 67.4 Å². The number of oxazole rings is 3. The summed E-state index contributed by atoms with van der Waals surface area (Å²) in [7, 11) is 0. The Morgan fingerprint density at radius 1 is 0.526 bits per heavy atom. The van der Waals surface area contributed by atoms with Gasteiger partial charge < -0.3 is 24.7 Å². The maximum absolute atomic E-state index is 12.6. The van der Waals surface area contributed by atoms with Gasteiger partial charge in [0.1, 0.15) is 47.7 Å². The normalized spacial score (nSPS) is 25.2. The van der Waals surface area contributed by atoms with Crippen LogP contribution in [0.2, 0.25) is 15.1 Å². The van der Waals surface area contributed by atoms with Crippen LogP contribution in [0, 0.1) is 53.3 Å². The SMILES string of the molecule is NC1C2CC3CC(C2)CC1C3.Nc1nc2cc(Cl)ccc2o1.O=C(Cc1nc2cc(Cl)ccc2o1)CC1C2CC3CC(C2)CC1C3.O=C(Cc1nc2cc(Cl)ccc2o1)n1ccnc1.O=C(n1ccnc1)n1ccnc1. The topological polar surface area (TPSA) is 235 Å². The molecular formula is C56H58Cl3N11O6. The van der Waals surface area contributed by atoms with E-state index in [1.807, 2.05) is 6.07 Å². The van der Waals surface area contributed by atoms with E-state index in [0.717, 1.165) is 52.9 Å². The zero-order valence-electron chi connectivity index (χ0n) is 41.6. The van der Waals surface area contributed by atoms with Crippen LogP contribution in [0.25, 0.3) is 33.3 Å². The van der Waals surface area contributed by atoms with Gasteiger partial charge >= 0.3 is 6.03 Å². The van der Waals surface area contributed by atoms with Crippen molar-refractivity contribution in [2.75, 3.05) is 5.73 Å². The summed E-state index contributed by atoms with van der Waals surface area (Å²) in [5.74, 6) is 9.17. The van der Waals surface area contributed by atoms with Crippen molar-refractivity contribution in [2.24, 2.45) is 59.0 Å². The van der Waals surface area contributed by atoms with Crippen molar-refractivity contribution < 1.29 is 27.6 Å². The van der Waals surface area contributed by atoms with Crippen molar-refractivity contribution in [2.45, 2.75) is 89.5 Å². The minimum Gasteiger partial charge on any atom is -0.440 e. The van der Waals surface area contributed by atoms with Gasteiger partial charge in [0, 0.05) is 64.7 Å². The summed E-state index contributed by atoms with van der Waals surface area (Å²) >= 11 is 17.5. The second-order valence-electron chi connectivity index (χ2n) is 21.4. The van der Waals surface area contributed by atoms with Crippen molar-refractivity contribution in [1.29, 1.82) is 0 Å². The predicted molar refractivity (Wildman–Crippen MR) is 288 cm³/mol. The lowest BCUT2D eigenvalue weighted by Gasteiger charge is -2.54. The van der Waals surface area contributed by atoms with E-state index in [2.05, 4.69) is 29.9 Å². The molecule has 76 heavy (non-hydrogen) atoms. The van der Waals surface area contributed by atoms with E-state index in [-0.39, 0.29) is 30.2 Å². The summed E-state index contributed by atoms with van der Waals surface area (Å²) in [6.07, 6.45) is 29.2. The minimum atomic E-state index is -0.190. The van der Waals surface area contributed by atoms with Gasteiger partial charge in [-0.1, -0.05) is 34.8 Å². The molecule has 8 saturated carbocycles. The zero-order valence-corrected chi connectivity index (χ0v) is 43.9. The van der Waals surface area contributed by atoms with Gasteiger partial charge in [-0.3, -0.25) is 23.3 Å². The van der Waals surface area contributed by atoms with Crippen LogP contribution >= 0.6 is 34.8 Å². The third kappa shape index (κ3) is 12.0. The molecule has 394 valence electrons. The van der Waals surface area contributed by atoms with Crippen LogP contribution in [0.5, 0.6) is 0 Å². The summed E-state index contributed by atoms with van der Waals surface area (Å²) < 4.78 is 20.4. The zero-order chi connectivity index (χ0) is 52.5. The largest absolute Gasteiger partial charge is 0.440 e. The molecule has 3 aromatic carbocycles. The number of nitrogen functional groups attached to an aromatic ring is 1. The molecule has 0 atom stereocenters. The first kappa shape index (κ1) is 51.4. The fourth-order valence-corrected chi connectivity index (χ4v) is 13.8. The first-order valence-corrected chi connectivity index (χ1v) is 27.2. The van der Waals surface area contributed by atoms with Crippen molar-refractivity contribution >= 4 is 91.8 Å². The van der Waals surface area contributed by atoms with Gasteiger partial charge in [0.25, 0.3) is 6.01 Å². The highest BCUT2D eigenvalue weighted by molar-refractivity contribution is 6.31. The summed E-state index contributed by atoms with van der Waals surface area (Å²) in [6.45, 7) is 0. The number of benzene rings is 3. The van der Waals surface area contributed by atoms with Crippen molar-refractivity contribution in [3.05, 3.63) is 138 Å². The average molecular weight is 1090 g/mol. The quantitative estimate of drug-likeness (QED) is 0.158. The number of ketones is 1. The number of rotatable bonds is 6. The molecule has 0 spiro atoms. The second-order valence-corrected chi connectivity index (χ2v) is 22.7. The van der Waals surface area contributed by atoms with E-state index >= 15 is 0 Å². The molecule has 0 aliphatic heterocycles. The first-order chi connectivity index (χ1) is 36.8. The minimum absolute atomic E-state index is 0.0860. The van der Waals surface area contributed by atoms with Crippen molar-refractivity contribution in [3.63, 3.8) is 0 Å². The number of imidazole rings is 3. The fraction of sp³-hybridized carbons (Fsp3) is 0.411. The Morgan fingerprint density at radius 3 is 1.38 bits per heavy atom. The third-order valence-corrected chi connectivity index (χ3v) is 16.9. The standard InChI is InChI=1S/C20H22ClNO2.C12H8ClN3O2.C10H17N.C7H5ClN2O.C7H6N4O/c21-15-1-2-19-18(8-15)22-20(24-19)10-16(23)9-17-13-4-11-3-12(6-13)7-14(17)5-11;13-8-1-2-10-9(5-8)15-11(18-10)6-12(17)16-4-3-14-7-16;11-10-8-2-6-1-7(4-8)5-9(10)3-6;8-4-1-2-6-5(3-4)10-7(9)11-6;12-7(10-3-1-8-5-10)11-4-2-9-6-11/h1-2,8,11-14,17H,3-7,9-10H2;1-5,7H,6H2;6-10H,1-5,11H2;1-3H,(H2,9,10);1-6H. The molecule has 0 unspecified atom stereocenters. The van der Waals surface area contributed by atoms with E-state index < -0.39 is 0 Å². The number of Topliss-reactive ketones (excluding diaryl/α,β-unsaturated/α-hetero) is 1. The number of hydrogen-bond donors (Lipinski definition) is 2. The maximum Gasteiger partial charge on any atom is 0.338 e. The maximum atomic E-state index is 12.6. The highest BCUT2D eigenvalue weighted by Crippen LogP contribution is 2.57. The first-order valence-electron chi connectivity index (χ1n) is 26.0. The van der Waals surface area contributed by atoms with E-state index in [0.29, 0.717) is 79.4 Å². The van der Waals surface area contributed by atoms with E-state index in [1.165, 1.54) is 90.5 Å². The van der Waals surface area contributed by atoms with Gasteiger partial charge in [-0.25, -0.2) is 29.7 Å². The Hall–Kier alpha value is -6.66. The Bertz CT molecular complexity index is 3350. The molecule has 9 aromatic rings. The van der Waals surface area contributed by atoms with Crippen molar-refractivity contribution in [1.82, 2.24) is 43.6 Å². The molecule has 8 bridgehead atoms. The Morgan fingerprint density at radius 2 is 0.934 bits per heavy atom. The van der Waals surface area contributed by atoms with Gasteiger partial charge in [-0.05, 0) is 172 Å². The van der Waals surface area contributed by atoms with Crippen LogP contribution in [0.1, 0.15) is 87.2 Å². The van der Waals surface area contributed by atoms with Gasteiger partial charge in [0.15, 0.2) is 16.7 Å². The second kappa shape index (κ2) is 22.5. The van der Waals surface area contributed by atoms with Crippen LogP contribution < -0.4 is 11.5 Å². The van der Waals surface area contributed by atoms with Crippen molar-refractivity contribution in [3.8, 4) is 0 Å². The summed E-state index contributed by atoms with van der Waals surface area (Å²) in [5, 5.41) is 1.86. The molecule has 6 heterocycles. The number of carbonyl (C=O) groups is 3. The summed E-state index contributed by atoms with van der Waals surface area (Å²) in [4.78, 5) is 59.7. The molecule has 20 heteroatoms. The third-order valence-electron chi connectivity index (χ3n) is 16.2. The Kier molecular flexibility index (Phi) is 15.2. The van der Waals surface area contributed by atoms with E-state index in [9.17, 15) is 14.4 Å². The number of hydrogen-bond acceptors (Lipinski definition) is 14. The highest BCUT2D eigenvalue weighted by Gasteiger charge is 2.49. The highest BCUT2D eigenvalue weighted by atomic mass is 35.5. The molecule has 0 amide bonds. The van der Waals surface area contributed by atoms with Gasteiger partial charge in [-0.2, -0.15) is 4.98 Å². The number of nitrogens with zero attached hydrogens (tertiary/aromatic N) is 9. The molecular weight excluding hydrogens is 1030 g/mol. The lowest BCUT2D eigenvalue weighted by molar-refractivity contribution is -0.123. The fourth-order valence-electron chi connectivity index (χ4n) is 13.3. The summed E-state index contributed by atoms with van der Waals surface area (Å²) in [5.41, 5.74) is 15.5. The van der Waals surface area contributed by atoms with Gasteiger partial charge in [0.2, 0.25) is 17.7 Å². The Labute approximate surface area is 452 Å². The van der Waals surface area contributed by atoms with Gasteiger partial charge in [0.05, 0.1) is 6.42 Å². The van der Waals surface area contributed by atoms with Gasteiger partial charge in [-0.15, -0.1) is 0 Å². The smallest absolute Gasteiger partial charge is 0.338 e. The molecule has 0 saturated heterocycles. The number of anilines is 1. The molecule has 17 rings (SSSR count). The molecule has 8 fully saturated rings. The molecule has 0 radical (unpaired) electrons. The monoisotopic (exact) mass is 1090 g/mol. The lowest BCUT2D eigenvalue weighted by Crippen LogP contribution is -2.52. The molecule has 6 aromatic heterocycles. The van der Waals surface area contributed by atoms with Crippen LogP contribution in [0.4, 0.5) is 10.8 Å². The lowest BCUT2D eigenvalue weighted by atomic mass is 9.51. The number of fused-ring (bicyclic) bond motifs is 3. The van der Waals surface area contributed by atoms with E-state index in [4.69, 9.17) is 59.5 Å². The molecule has 8 aliphatic carbocycles. The predicted octanol–water partition coefficient (Wildman–Crippen LogP) is 12.0. The van der Waals surface area contributed by atoms with Crippen LogP contribution in [0.3, 0.4) is 0 Å². The molecule has 17 nitrogen and oxygen atoms in total. The Balaban J connectivity index is 0.000000105. The number of nitrogens with two attached hydrogens (primary N) is 2. The van der Waals surface area contributed by atoms with Crippen LogP contribution in [0.15, 0.2) is 124 Å². The number of carbonyl (C=O) groups excluding carboxylic acids is 3. The van der Waals surface area contributed by atoms with Crippen LogP contribution in [-0.2, 0) is 17.6 Å². The summed E-state index contributed by atoms with van der Waals surface area (Å²) in [6, 6.07) is 16.3. The average Bonchev–Trinajstić information content (AvgIpc) is 4.27. The number of halogens is 3.